The molecule has 3 amide bonds. The molecule has 1 aliphatic rings. The third-order valence-electron chi connectivity index (χ3n) is 5.00. The number of thiazole rings is 1. The third-order valence-corrected chi connectivity index (χ3v) is 6.34. The second kappa shape index (κ2) is 9.05. The maximum absolute atomic E-state index is 12.9. The van der Waals surface area contributed by atoms with Gasteiger partial charge in [-0.3, -0.25) is 19.7 Å². The molecule has 0 unspecified atom stereocenters. The Labute approximate surface area is 198 Å². The van der Waals surface area contributed by atoms with Crippen LogP contribution in [0.1, 0.15) is 20.9 Å². The molecular weight excluding hydrogens is 464 g/mol. The van der Waals surface area contributed by atoms with Crippen LogP contribution in [-0.2, 0) is 9.59 Å². The lowest BCUT2D eigenvalue weighted by atomic mass is 10.2. The van der Waals surface area contributed by atoms with Crippen LogP contribution in [0.2, 0.25) is 0 Å². The highest BCUT2D eigenvalue weighted by atomic mass is 35.5. The quantitative estimate of drug-likeness (QED) is 0.503. The molecule has 0 fully saturated rings. The first kappa shape index (κ1) is 22.5. The van der Waals surface area contributed by atoms with E-state index in [0.29, 0.717) is 27.8 Å². The Bertz CT molecular complexity index is 1280. The standard InChI is InChI=1S/C23H19ClN4O4S/c1-12-13(2)33-23(25-12)27-20(29)14-7-9-15(10-8-14)26-19-18(24)21(30)28(22(19)31)16-5-4-6-17(11-16)32-3/h4-11,26H,1-3H3,(H,25,27,29). The number of benzene rings is 2. The summed E-state index contributed by atoms with van der Waals surface area (Å²) in [6.45, 7) is 3.82. The van der Waals surface area contributed by atoms with E-state index in [4.69, 9.17) is 16.3 Å². The number of rotatable bonds is 6. The Hall–Kier alpha value is -3.69. The molecule has 168 valence electrons. The zero-order chi connectivity index (χ0) is 23.7. The highest BCUT2D eigenvalue weighted by Crippen LogP contribution is 2.32. The molecular formula is C23H19ClN4O4S. The summed E-state index contributed by atoms with van der Waals surface area (Å²) in [4.78, 5) is 44.4. The van der Waals surface area contributed by atoms with Gasteiger partial charge in [0, 0.05) is 22.2 Å². The number of carbonyl (C=O) groups excluding carboxylic acids is 3. The van der Waals surface area contributed by atoms with E-state index in [1.165, 1.54) is 18.4 Å². The summed E-state index contributed by atoms with van der Waals surface area (Å²) in [5.41, 5.74) is 2.08. The minimum Gasteiger partial charge on any atom is -0.497 e. The molecule has 0 saturated heterocycles. The van der Waals surface area contributed by atoms with Crippen LogP contribution in [0.5, 0.6) is 5.75 Å². The van der Waals surface area contributed by atoms with Crippen LogP contribution in [0, 0.1) is 13.8 Å². The van der Waals surface area contributed by atoms with Gasteiger partial charge in [-0.05, 0) is 50.2 Å². The van der Waals surface area contributed by atoms with Gasteiger partial charge >= 0.3 is 0 Å². The van der Waals surface area contributed by atoms with E-state index < -0.39 is 11.8 Å². The topological polar surface area (TPSA) is 101 Å². The van der Waals surface area contributed by atoms with Crippen molar-refractivity contribution in [3.63, 3.8) is 0 Å². The van der Waals surface area contributed by atoms with Crippen LogP contribution >= 0.6 is 22.9 Å². The van der Waals surface area contributed by atoms with Gasteiger partial charge in [-0.25, -0.2) is 9.88 Å². The summed E-state index contributed by atoms with van der Waals surface area (Å²) in [7, 11) is 1.49. The summed E-state index contributed by atoms with van der Waals surface area (Å²) >= 11 is 7.59. The average molecular weight is 483 g/mol. The fraction of sp³-hybridized carbons (Fsp3) is 0.130. The molecule has 0 bridgehead atoms. The van der Waals surface area contributed by atoms with Crippen molar-refractivity contribution in [1.82, 2.24) is 4.98 Å². The van der Waals surface area contributed by atoms with Crippen molar-refractivity contribution in [1.29, 1.82) is 0 Å². The first-order valence-electron chi connectivity index (χ1n) is 9.83. The van der Waals surface area contributed by atoms with Gasteiger partial charge in [0.15, 0.2) is 5.13 Å². The van der Waals surface area contributed by atoms with Gasteiger partial charge in [-0.15, -0.1) is 11.3 Å². The Morgan fingerprint density at radius 1 is 1.09 bits per heavy atom. The maximum Gasteiger partial charge on any atom is 0.283 e. The minimum atomic E-state index is -0.637. The number of hydrogen-bond donors (Lipinski definition) is 2. The number of carbonyl (C=O) groups is 3. The summed E-state index contributed by atoms with van der Waals surface area (Å²) in [5, 5.41) is 5.96. The number of aryl methyl sites for hydroxylation is 2. The Morgan fingerprint density at radius 2 is 1.82 bits per heavy atom. The van der Waals surface area contributed by atoms with E-state index in [-0.39, 0.29) is 16.6 Å². The number of halogens is 1. The molecule has 2 aromatic carbocycles. The van der Waals surface area contributed by atoms with Crippen molar-refractivity contribution in [2.24, 2.45) is 0 Å². The molecule has 3 aromatic rings. The first-order chi connectivity index (χ1) is 15.8. The molecule has 0 saturated carbocycles. The number of nitrogens with zero attached hydrogens (tertiary/aromatic N) is 2. The van der Waals surface area contributed by atoms with Crippen molar-refractivity contribution < 1.29 is 19.1 Å². The van der Waals surface area contributed by atoms with Crippen LogP contribution in [-0.4, -0.2) is 29.8 Å². The Balaban J connectivity index is 1.48. The average Bonchev–Trinajstić information content (AvgIpc) is 3.23. The molecule has 0 spiro atoms. The van der Waals surface area contributed by atoms with Crippen molar-refractivity contribution >= 4 is 57.2 Å². The van der Waals surface area contributed by atoms with Crippen LogP contribution < -0.4 is 20.3 Å². The van der Waals surface area contributed by atoms with Crippen molar-refractivity contribution in [3.8, 4) is 5.75 Å². The lowest BCUT2D eigenvalue weighted by Crippen LogP contribution is -2.32. The van der Waals surface area contributed by atoms with E-state index >= 15 is 0 Å². The van der Waals surface area contributed by atoms with Crippen LogP contribution in [0.25, 0.3) is 0 Å². The van der Waals surface area contributed by atoms with E-state index in [1.807, 2.05) is 13.8 Å². The van der Waals surface area contributed by atoms with Crippen LogP contribution in [0.3, 0.4) is 0 Å². The van der Waals surface area contributed by atoms with Crippen molar-refractivity contribution in [2.75, 3.05) is 22.6 Å². The normalized spacial score (nSPS) is 13.5. The SMILES string of the molecule is COc1cccc(N2C(=O)C(Cl)=C(Nc3ccc(C(=O)Nc4nc(C)c(C)s4)cc3)C2=O)c1. The number of methoxy groups -OCH3 is 1. The summed E-state index contributed by atoms with van der Waals surface area (Å²) < 4.78 is 5.16. The molecule has 0 radical (unpaired) electrons. The summed E-state index contributed by atoms with van der Waals surface area (Å²) in [6.07, 6.45) is 0. The molecule has 2 N–H and O–H groups in total. The minimum absolute atomic E-state index is 0.0459. The maximum atomic E-state index is 12.9. The Morgan fingerprint density at radius 3 is 2.45 bits per heavy atom. The van der Waals surface area contributed by atoms with E-state index in [9.17, 15) is 14.4 Å². The molecule has 0 atom stereocenters. The van der Waals surface area contributed by atoms with Gasteiger partial charge in [-0.1, -0.05) is 17.7 Å². The second-order valence-electron chi connectivity index (χ2n) is 7.15. The molecule has 1 aliphatic heterocycles. The molecule has 33 heavy (non-hydrogen) atoms. The number of aromatic nitrogens is 1. The predicted octanol–water partition coefficient (Wildman–Crippen LogP) is 4.46. The number of hydrogen-bond acceptors (Lipinski definition) is 7. The number of imide groups is 1. The largest absolute Gasteiger partial charge is 0.497 e. The van der Waals surface area contributed by atoms with E-state index in [1.54, 1.807) is 48.5 Å². The van der Waals surface area contributed by atoms with Crippen LogP contribution in [0.15, 0.2) is 59.3 Å². The zero-order valence-electron chi connectivity index (χ0n) is 17.9. The number of anilines is 3. The fourth-order valence-corrected chi connectivity index (χ4v) is 4.16. The van der Waals surface area contributed by atoms with Gasteiger partial charge in [-0.2, -0.15) is 0 Å². The first-order valence-corrected chi connectivity index (χ1v) is 11.0. The van der Waals surface area contributed by atoms with E-state index in [0.717, 1.165) is 15.5 Å². The van der Waals surface area contributed by atoms with E-state index in [2.05, 4.69) is 15.6 Å². The predicted molar refractivity (Wildman–Crippen MR) is 128 cm³/mol. The molecule has 8 nitrogen and oxygen atoms in total. The smallest absolute Gasteiger partial charge is 0.283 e. The lowest BCUT2D eigenvalue weighted by Gasteiger charge is -2.16. The highest BCUT2D eigenvalue weighted by molar-refractivity contribution is 7.15. The lowest BCUT2D eigenvalue weighted by molar-refractivity contribution is -0.120. The van der Waals surface area contributed by atoms with Gasteiger partial charge in [0.1, 0.15) is 16.5 Å². The van der Waals surface area contributed by atoms with Crippen molar-refractivity contribution in [3.05, 3.63) is 75.4 Å². The molecule has 10 heteroatoms. The molecule has 0 aliphatic carbocycles. The fourth-order valence-electron chi connectivity index (χ4n) is 3.14. The van der Waals surface area contributed by atoms with Gasteiger partial charge in [0.05, 0.1) is 18.5 Å². The molecule has 4 rings (SSSR count). The monoisotopic (exact) mass is 482 g/mol. The van der Waals surface area contributed by atoms with Crippen molar-refractivity contribution in [2.45, 2.75) is 13.8 Å². The second-order valence-corrected chi connectivity index (χ2v) is 8.73. The van der Waals surface area contributed by atoms with Gasteiger partial charge in [0.25, 0.3) is 17.7 Å². The third kappa shape index (κ3) is 4.46. The zero-order valence-corrected chi connectivity index (χ0v) is 19.5. The van der Waals surface area contributed by atoms with Gasteiger partial charge in [0.2, 0.25) is 0 Å². The van der Waals surface area contributed by atoms with Crippen LogP contribution in [0.4, 0.5) is 16.5 Å². The highest BCUT2D eigenvalue weighted by Gasteiger charge is 2.39. The number of ether oxygens (including phenoxy) is 1. The molecule has 2 heterocycles. The number of nitrogens with one attached hydrogen (secondary N) is 2. The Kier molecular flexibility index (Phi) is 6.17. The summed E-state index contributed by atoms with van der Waals surface area (Å²) in [5.74, 6) is -1.02. The number of amides is 3. The molecule has 1 aromatic heterocycles. The summed E-state index contributed by atoms with van der Waals surface area (Å²) in [6, 6.07) is 13.0. The van der Waals surface area contributed by atoms with Gasteiger partial charge < -0.3 is 10.1 Å².